The molecular formula is C20H30N2O4. The second-order valence-corrected chi connectivity index (χ2v) is 9.00. The molecule has 1 spiro atoms. The molecule has 4 fully saturated rings. The van der Waals surface area contributed by atoms with Crippen molar-refractivity contribution in [2.45, 2.75) is 64.2 Å². The lowest BCUT2D eigenvalue weighted by molar-refractivity contribution is -0.160. The van der Waals surface area contributed by atoms with Crippen molar-refractivity contribution in [2.75, 3.05) is 26.2 Å². The number of carbonyl (C=O) groups is 3. The van der Waals surface area contributed by atoms with Crippen LogP contribution in [0.4, 0.5) is 0 Å². The van der Waals surface area contributed by atoms with Crippen molar-refractivity contribution in [3.63, 3.8) is 0 Å². The van der Waals surface area contributed by atoms with Crippen LogP contribution in [0.5, 0.6) is 0 Å². The number of likely N-dealkylation sites (tertiary alicyclic amines) is 2. The van der Waals surface area contributed by atoms with Crippen LogP contribution in [0.1, 0.15) is 64.2 Å². The van der Waals surface area contributed by atoms with Crippen molar-refractivity contribution < 1.29 is 19.5 Å². The second-order valence-electron chi connectivity index (χ2n) is 9.00. The van der Waals surface area contributed by atoms with E-state index in [9.17, 15) is 19.5 Å². The van der Waals surface area contributed by atoms with Crippen LogP contribution in [-0.2, 0) is 14.4 Å². The summed E-state index contributed by atoms with van der Waals surface area (Å²) in [6.45, 7) is 3.18. The van der Waals surface area contributed by atoms with E-state index in [-0.39, 0.29) is 23.7 Å². The Kier molecular flexibility index (Phi) is 4.48. The maximum Gasteiger partial charge on any atom is 0.310 e. The number of aliphatic carboxylic acids is 1. The lowest BCUT2D eigenvalue weighted by atomic mass is 9.66. The molecular weight excluding hydrogens is 332 g/mol. The van der Waals surface area contributed by atoms with Gasteiger partial charge in [-0.2, -0.15) is 0 Å². The summed E-state index contributed by atoms with van der Waals surface area (Å²) < 4.78 is 0. The van der Waals surface area contributed by atoms with Crippen molar-refractivity contribution in [3.05, 3.63) is 0 Å². The highest BCUT2D eigenvalue weighted by atomic mass is 16.4. The maximum absolute atomic E-state index is 12.7. The number of hydrogen-bond donors (Lipinski definition) is 1. The smallest absolute Gasteiger partial charge is 0.310 e. The minimum absolute atomic E-state index is 0.0125. The van der Waals surface area contributed by atoms with E-state index in [0.717, 1.165) is 51.6 Å². The highest BCUT2D eigenvalue weighted by Gasteiger charge is 2.59. The molecule has 4 rings (SSSR count). The Labute approximate surface area is 154 Å². The highest BCUT2D eigenvalue weighted by molar-refractivity contribution is 5.86. The number of carboxylic acid groups (broad SMARTS) is 1. The minimum Gasteiger partial charge on any atom is -0.481 e. The van der Waals surface area contributed by atoms with E-state index < -0.39 is 11.4 Å². The Morgan fingerprint density at radius 1 is 0.846 bits per heavy atom. The third kappa shape index (κ3) is 3.01. The molecule has 6 nitrogen and oxygen atoms in total. The Morgan fingerprint density at radius 3 is 2.04 bits per heavy atom. The molecule has 0 aromatic carbocycles. The summed E-state index contributed by atoms with van der Waals surface area (Å²) in [5.41, 5.74) is -0.690. The standard InChI is InChI=1S/C20H30N2O4/c23-16(14-20(18(25)26)5-4-6-20)21-11-7-19(8-12-21)13-15(19)17(24)22-9-2-1-3-10-22/h15H,1-14H2,(H,25,26). The molecule has 6 heteroatoms. The predicted octanol–water partition coefficient (Wildman–Crippen LogP) is 2.27. The van der Waals surface area contributed by atoms with Gasteiger partial charge in [0, 0.05) is 38.5 Å². The monoisotopic (exact) mass is 362 g/mol. The van der Waals surface area contributed by atoms with Crippen LogP contribution in [-0.4, -0.2) is 58.9 Å². The number of amides is 2. The maximum atomic E-state index is 12.7. The van der Waals surface area contributed by atoms with Gasteiger partial charge < -0.3 is 14.9 Å². The molecule has 0 radical (unpaired) electrons. The molecule has 4 aliphatic rings. The second kappa shape index (κ2) is 6.54. The van der Waals surface area contributed by atoms with E-state index in [1.165, 1.54) is 6.42 Å². The third-order valence-corrected chi connectivity index (χ3v) is 7.52. The number of piperidine rings is 2. The van der Waals surface area contributed by atoms with Gasteiger partial charge in [-0.15, -0.1) is 0 Å². The zero-order chi connectivity index (χ0) is 18.4. The van der Waals surface area contributed by atoms with Gasteiger partial charge >= 0.3 is 5.97 Å². The highest BCUT2D eigenvalue weighted by Crippen LogP contribution is 2.60. The fourth-order valence-corrected chi connectivity index (χ4v) is 5.26. The van der Waals surface area contributed by atoms with Crippen molar-refractivity contribution in [1.82, 2.24) is 9.80 Å². The Morgan fingerprint density at radius 2 is 1.50 bits per heavy atom. The third-order valence-electron chi connectivity index (χ3n) is 7.52. The van der Waals surface area contributed by atoms with Gasteiger partial charge in [0.05, 0.1) is 5.41 Å². The molecule has 2 aliphatic carbocycles. The minimum atomic E-state index is -0.819. The van der Waals surface area contributed by atoms with Crippen LogP contribution >= 0.6 is 0 Å². The van der Waals surface area contributed by atoms with E-state index in [1.54, 1.807) is 0 Å². The summed E-state index contributed by atoms with van der Waals surface area (Å²) in [5, 5.41) is 9.43. The van der Waals surface area contributed by atoms with Crippen molar-refractivity contribution in [2.24, 2.45) is 16.7 Å². The first kappa shape index (κ1) is 17.8. The van der Waals surface area contributed by atoms with E-state index in [2.05, 4.69) is 0 Å². The molecule has 1 atom stereocenters. The van der Waals surface area contributed by atoms with Crippen LogP contribution in [0, 0.1) is 16.7 Å². The van der Waals surface area contributed by atoms with E-state index >= 15 is 0 Å². The summed E-state index contributed by atoms with van der Waals surface area (Å²) in [7, 11) is 0. The fraction of sp³-hybridized carbons (Fsp3) is 0.850. The quantitative estimate of drug-likeness (QED) is 0.832. The summed E-state index contributed by atoms with van der Waals surface area (Å²) in [4.78, 5) is 40.7. The van der Waals surface area contributed by atoms with E-state index in [1.807, 2.05) is 9.80 Å². The van der Waals surface area contributed by atoms with Gasteiger partial charge in [0.2, 0.25) is 11.8 Å². The first-order chi connectivity index (χ1) is 12.5. The van der Waals surface area contributed by atoms with Crippen molar-refractivity contribution in [1.29, 1.82) is 0 Å². The largest absolute Gasteiger partial charge is 0.481 e. The predicted molar refractivity (Wildman–Crippen MR) is 95.3 cm³/mol. The van der Waals surface area contributed by atoms with E-state index in [0.29, 0.717) is 31.8 Å². The summed E-state index contributed by atoms with van der Waals surface area (Å²) in [5.74, 6) is -0.333. The number of carbonyl (C=O) groups excluding carboxylic acids is 2. The van der Waals surface area contributed by atoms with Gasteiger partial charge in [-0.3, -0.25) is 14.4 Å². The molecule has 0 aromatic heterocycles. The van der Waals surface area contributed by atoms with Crippen LogP contribution < -0.4 is 0 Å². The Balaban J connectivity index is 1.29. The van der Waals surface area contributed by atoms with Gasteiger partial charge in [-0.1, -0.05) is 6.42 Å². The summed E-state index contributed by atoms with van der Waals surface area (Å²) >= 11 is 0. The van der Waals surface area contributed by atoms with E-state index in [4.69, 9.17) is 0 Å². The first-order valence-corrected chi connectivity index (χ1v) is 10.3. The first-order valence-electron chi connectivity index (χ1n) is 10.3. The lowest BCUT2D eigenvalue weighted by Gasteiger charge is -2.40. The van der Waals surface area contributed by atoms with Gasteiger partial charge in [-0.25, -0.2) is 0 Å². The molecule has 1 N–H and O–H groups in total. The van der Waals surface area contributed by atoms with Gasteiger partial charge in [0.25, 0.3) is 0 Å². The zero-order valence-electron chi connectivity index (χ0n) is 15.5. The van der Waals surface area contributed by atoms with Crippen molar-refractivity contribution >= 4 is 17.8 Å². The molecule has 144 valence electrons. The van der Waals surface area contributed by atoms with Gasteiger partial charge in [0.1, 0.15) is 0 Å². The molecule has 2 amide bonds. The molecule has 2 aliphatic heterocycles. The van der Waals surface area contributed by atoms with Gasteiger partial charge in [-0.05, 0) is 56.8 Å². The molecule has 0 bridgehead atoms. The Hall–Kier alpha value is -1.59. The zero-order valence-corrected chi connectivity index (χ0v) is 15.5. The number of nitrogens with zero attached hydrogens (tertiary/aromatic N) is 2. The van der Waals surface area contributed by atoms with Crippen LogP contribution in [0.2, 0.25) is 0 Å². The fourth-order valence-electron chi connectivity index (χ4n) is 5.26. The number of carboxylic acids is 1. The molecule has 2 saturated carbocycles. The number of rotatable bonds is 4. The topological polar surface area (TPSA) is 77.9 Å². The SMILES string of the molecule is O=C(CC1(C(=O)O)CCC1)N1CCC2(CC1)CC2C(=O)N1CCCCC1. The Bertz CT molecular complexity index is 599. The van der Waals surface area contributed by atoms with Crippen molar-refractivity contribution in [3.8, 4) is 0 Å². The lowest BCUT2D eigenvalue weighted by Crippen LogP contribution is -2.46. The summed E-state index contributed by atoms with van der Waals surface area (Å²) in [6.07, 6.45) is 8.53. The molecule has 0 aromatic rings. The molecule has 26 heavy (non-hydrogen) atoms. The number of hydrogen-bond acceptors (Lipinski definition) is 3. The van der Waals surface area contributed by atoms with Crippen LogP contribution in [0.15, 0.2) is 0 Å². The average Bonchev–Trinajstić information content (AvgIpc) is 3.31. The summed E-state index contributed by atoms with van der Waals surface area (Å²) in [6, 6.07) is 0. The van der Waals surface area contributed by atoms with Crippen LogP contribution in [0.25, 0.3) is 0 Å². The molecule has 2 heterocycles. The average molecular weight is 362 g/mol. The normalized spacial score (nSPS) is 29.2. The van der Waals surface area contributed by atoms with Gasteiger partial charge in [0.15, 0.2) is 0 Å². The molecule has 1 unspecified atom stereocenters. The van der Waals surface area contributed by atoms with Crippen LogP contribution in [0.3, 0.4) is 0 Å². The molecule has 2 saturated heterocycles.